The van der Waals surface area contributed by atoms with Crippen LogP contribution in [0.15, 0.2) is 42.5 Å². The fourth-order valence-corrected chi connectivity index (χ4v) is 2.34. The lowest BCUT2D eigenvalue weighted by Crippen LogP contribution is -2.27. The Bertz CT molecular complexity index is 550. The number of alkyl halides is 1. The second-order valence-corrected chi connectivity index (χ2v) is 6.31. The summed E-state index contributed by atoms with van der Waals surface area (Å²) in [7, 11) is 0. The van der Waals surface area contributed by atoms with Gasteiger partial charge in [-0.05, 0) is 25.3 Å². The predicted octanol–water partition coefficient (Wildman–Crippen LogP) is 2.94. The van der Waals surface area contributed by atoms with E-state index in [4.69, 9.17) is 9.47 Å². The van der Waals surface area contributed by atoms with Gasteiger partial charge >= 0.3 is 12.1 Å². The highest BCUT2D eigenvalue weighted by atomic mass is 79.9. The van der Waals surface area contributed by atoms with Crippen molar-refractivity contribution in [2.24, 2.45) is 0 Å². The molecule has 2 atom stereocenters. The number of ether oxygens (including phenoxy) is 2. The number of hydrogen-bond acceptors (Lipinski definition) is 5. The molecule has 0 aromatic heterocycles. The van der Waals surface area contributed by atoms with Gasteiger partial charge in [-0.1, -0.05) is 52.3 Å². The molecule has 0 aliphatic rings. The van der Waals surface area contributed by atoms with Gasteiger partial charge < -0.3 is 19.9 Å². The van der Waals surface area contributed by atoms with Crippen LogP contribution in [-0.2, 0) is 20.9 Å². The molecule has 0 spiro atoms. The Balaban J connectivity index is 2.15. The van der Waals surface area contributed by atoms with E-state index in [1.807, 2.05) is 30.3 Å². The Morgan fingerprint density at radius 3 is 2.68 bits per heavy atom. The zero-order valence-corrected chi connectivity index (χ0v) is 15.8. The molecular weight excluding hydrogens is 390 g/mol. The second kappa shape index (κ2) is 12.5. The van der Waals surface area contributed by atoms with Crippen molar-refractivity contribution in [2.45, 2.75) is 37.3 Å². The van der Waals surface area contributed by atoms with E-state index >= 15 is 0 Å². The summed E-state index contributed by atoms with van der Waals surface area (Å²) in [5.74, 6) is -0.443. The Labute approximate surface area is 156 Å². The van der Waals surface area contributed by atoms with Crippen molar-refractivity contribution >= 4 is 28.0 Å². The number of amides is 1. The van der Waals surface area contributed by atoms with Gasteiger partial charge in [0.05, 0.1) is 17.5 Å². The van der Waals surface area contributed by atoms with Crippen LogP contribution in [0, 0.1) is 0 Å². The van der Waals surface area contributed by atoms with E-state index in [9.17, 15) is 14.7 Å². The van der Waals surface area contributed by atoms with Gasteiger partial charge in [-0.25, -0.2) is 9.59 Å². The summed E-state index contributed by atoms with van der Waals surface area (Å²) in [6.07, 6.45) is 2.71. The van der Waals surface area contributed by atoms with E-state index in [1.165, 1.54) is 6.08 Å². The first kappa shape index (κ1) is 21.2. The lowest BCUT2D eigenvalue weighted by atomic mass is 10.1. The number of rotatable bonds is 10. The molecule has 1 aromatic rings. The van der Waals surface area contributed by atoms with Gasteiger partial charge in [-0.2, -0.15) is 0 Å². The highest BCUT2D eigenvalue weighted by Crippen LogP contribution is 2.12. The molecule has 6 nitrogen and oxygen atoms in total. The van der Waals surface area contributed by atoms with Gasteiger partial charge in [0.25, 0.3) is 0 Å². The number of benzene rings is 1. The minimum atomic E-state index is -0.673. The third-order valence-corrected chi connectivity index (χ3v) is 4.14. The molecule has 1 aromatic carbocycles. The molecular formula is C18H24BrNO5. The maximum atomic E-state index is 11.6. The molecule has 1 amide bonds. The molecule has 1 rings (SSSR count). The summed E-state index contributed by atoms with van der Waals surface area (Å²) in [4.78, 5) is 22.4. The standard InChI is InChI=1S/C18H24BrNO5/c1-2-24-17(22)11-10-15(19)16(21)9-6-12-20-18(23)25-13-14-7-4-3-5-8-14/h3-5,7-8,10-11,15-16,21H,2,6,9,12-13H2,1H3,(H,20,23)/b11-10+/t15-,16+/m0/s1. The van der Waals surface area contributed by atoms with Gasteiger partial charge in [-0.3, -0.25) is 0 Å². The highest BCUT2D eigenvalue weighted by molar-refractivity contribution is 9.09. The maximum Gasteiger partial charge on any atom is 0.407 e. The summed E-state index contributed by atoms with van der Waals surface area (Å²) < 4.78 is 9.85. The third-order valence-electron chi connectivity index (χ3n) is 3.23. The number of nitrogens with one attached hydrogen (secondary N) is 1. The summed E-state index contributed by atoms with van der Waals surface area (Å²) in [6, 6.07) is 9.41. The zero-order chi connectivity index (χ0) is 18.5. The minimum Gasteiger partial charge on any atom is -0.463 e. The smallest absolute Gasteiger partial charge is 0.407 e. The maximum absolute atomic E-state index is 11.6. The Kier molecular flexibility index (Phi) is 10.6. The molecule has 138 valence electrons. The lowest BCUT2D eigenvalue weighted by Gasteiger charge is -2.14. The van der Waals surface area contributed by atoms with Gasteiger partial charge in [0.2, 0.25) is 0 Å². The van der Waals surface area contributed by atoms with Gasteiger partial charge in [-0.15, -0.1) is 0 Å². The quantitative estimate of drug-likeness (QED) is 0.266. The Morgan fingerprint density at radius 1 is 1.28 bits per heavy atom. The van der Waals surface area contributed by atoms with Crippen LogP contribution in [0.3, 0.4) is 0 Å². The monoisotopic (exact) mass is 413 g/mol. The van der Waals surface area contributed by atoms with Crippen molar-refractivity contribution < 1.29 is 24.2 Å². The van der Waals surface area contributed by atoms with Crippen LogP contribution < -0.4 is 5.32 Å². The van der Waals surface area contributed by atoms with Crippen LogP contribution in [0.2, 0.25) is 0 Å². The summed E-state index contributed by atoms with van der Waals surface area (Å²) >= 11 is 3.30. The van der Waals surface area contributed by atoms with E-state index < -0.39 is 18.2 Å². The molecule has 2 N–H and O–H groups in total. The zero-order valence-electron chi connectivity index (χ0n) is 14.2. The van der Waals surface area contributed by atoms with Crippen molar-refractivity contribution in [3.05, 3.63) is 48.0 Å². The first-order valence-corrected chi connectivity index (χ1v) is 9.06. The van der Waals surface area contributed by atoms with Crippen LogP contribution >= 0.6 is 15.9 Å². The number of carbonyl (C=O) groups is 2. The second-order valence-electron chi connectivity index (χ2n) is 5.25. The van der Waals surface area contributed by atoms with Gasteiger partial charge in [0.1, 0.15) is 6.61 Å². The van der Waals surface area contributed by atoms with Crippen LogP contribution in [0.1, 0.15) is 25.3 Å². The molecule has 0 radical (unpaired) electrons. The van der Waals surface area contributed by atoms with E-state index in [0.29, 0.717) is 26.0 Å². The fourth-order valence-electron chi connectivity index (χ4n) is 1.92. The number of esters is 1. The lowest BCUT2D eigenvalue weighted by molar-refractivity contribution is -0.137. The third kappa shape index (κ3) is 9.89. The average molecular weight is 414 g/mol. The Hall–Kier alpha value is -1.86. The molecule has 0 aliphatic carbocycles. The van der Waals surface area contributed by atoms with Crippen molar-refractivity contribution in [3.8, 4) is 0 Å². The van der Waals surface area contributed by atoms with Gasteiger partial charge in [0.15, 0.2) is 0 Å². The molecule has 0 aliphatic heterocycles. The molecule has 25 heavy (non-hydrogen) atoms. The number of hydrogen-bond donors (Lipinski definition) is 2. The normalized spacial score (nSPS) is 13.2. The first-order valence-electron chi connectivity index (χ1n) is 8.14. The molecule has 0 saturated carbocycles. The number of aliphatic hydroxyl groups is 1. The molecule has 0 heterocycles. The molecule has 0 bridgehead atoms. The van der Waals surface area contributed by atoms with Crippen LogP contribution in [-0.4, -0.2) is 41.3 Å². The van der Waals surface area contributed by atoms with Crippen molar-refractivity contribution in [2.75, 3.05) is 13.2 Å². The van der Waals surface area contributed by atoms with E-state index in [1.54, 1.807) is 13.0 Å². The van der Waals surface area contributed by atoms with Crippen molar-refractivity contribution in [1.29, 1.82) is 0 Å². The van der Waals surface area contributed by atoms with Crippen LogP contribution in [0.4, 0.5) is 4.79 Å². The van der Waals surface area contributed by atoms with Crippen molar-refractivity contribution in [1.82, 2.24) is 5.32 Å². The molecule has 7 heteroatoms. The Morgan fingerprint density at radius 2 is 2.00 bits per heavy atom. The minimum absolute atomic E-state index is 0.220. The van der Waals surface area contributed by atoms with Crippen LogP contribution in [0.5, 0.6) is 0 Å². The van der Waals surface area contributed by atoms with E-state index in [2.05, 4.69) is 21.2 Å². The number of halogens is 1. The molecule has 0 fully saturated rings. The topological polar surface area (TPSA) is 84.9 Å². The molecule has 0 saturated heterocycles. The van der Waals surface area contributed by atoms with Crippen molar-refractivity contribution in [3.63, 3.8) is 0 Å². The average Bonchev–Trinajstić information content (AvgIpc) is 2.62. The highest BCUT2D eigenvalue weighted by Gasteiger charge is 2.13. The fraction of sp³-hybridized carbons (Fsp3) is 0.444. The number of aliphatic hydroxyl groups excluding tert-OH is 1. The van der Waals surface area contributed by atoms with E-state index in [-0.39, 0.29) is 11.4 Å². The van der Waals surface area contributed by atoms with Crippen LogP contribution in [0.25, 0.3) is 0 Å². The summed E-state index contributed by atoms with van der Waals surface area (Å²) in [6.45, 7) is 2.65. The van der Waals surface area contributed by atoms with Gasteiger partial charge in [0, 0.05) is 12.6 Å². The molecule has 0 unspecified atom stereocenters. The predicted molar refractivity (Wildman–Crippen MR) is 98.4 cm³/mol. The number of alkyl carbamates (subject to hydrolysis) is 1. The first-order chi connectivity index (χ1) is 12.0. The largest absolute Gasteiger partial charge is 0.463 e. The number of carbonyl (C=O) groups excluding carboxylic acids is 2. The summed E-state index contributed by atoms with van der Waals surface area (Å²) in [5, 5.41) is 12.6. The van der Waals surface area contributed by atoms with E-state index in [0.717, 1.165) is 5.56 Å². The SMILES string of the molecule is CCOC(=O)/C=C/[C@H](Br)[C@H](O)CCCNC(=O)OCc1ccccc1. The summed E-state index contributed by atoms with van der Waals surface area (Å²) in [5.41, 5.74) is 0.920.